The maximum Gasteiger partial charge on any atom is 0.311 e. The summed E-state index contributed by atoms with van der Waals surface area (Å²) < 4.78 is 14.8. The van der Waals surface area contributed by atoms with Crippen LogP contribution in [0.5, 0.6) is 0 Å². The highest BCUT2D eigenvalue weighted by atomic mass is 35.5. The predicted octanol–water partition coefficient (Wildman–Crippen LogP) is 6.65. The number of carboxylic acid groups (broad SMARTS) is 1. The van der Waals surface area contributed by atoms with Gasteiger partial charge in [0.05, 0.1) is 10.9 Å². The normalized spacial score (nSPS) is 17.6. The molecule has 1 saturated heterocycles. The van der Waals surface area contributed by atoms with Crippen LogP contribution in [0.25, 0.3) is 0 Å². The van der Waals surface area contributed by atoms with Gasteiger partial charge in [-0.25, -0.2) is 9.37 Å². The third kappa shape index (κ3) is 6.38. The molecular formula is C29H39ClFN3O2. The fraction of sp³-hybridized carbons (Fsp3) is 0.586. The highest BCUT2D eigenvalue weighted by molar-refractivity contribution is 6.31. The standard InChI is InChI=1S/C29H39ClFN3O2/c1-19(2)23-11-12-24(26(30)27(23)31)25(29(35)36)20-13-17-34(18-14-20)16-5-3-4-8-22-10-9-21-7-6-15-32-28(21)33-22/h9-12,19-20,25H,3-8,13-18H2,1-2H3,(H,32,33)(H,35,36)/t25-/m1/s1. The molecule has 1 fully saturated rings. The molecule has 0 spiro atoms. The van der Waals surface area contributed by atoms with Crippen LogP contribution >= 0.6 is 11.6 Å². The van der Waals surface area contributed by atoms with Gasteiger partial charge in [0.25, 0.3) is 0 Å². The van der Waals surface area contributed by atoms with Gasteiger partial charge in [-0.05, 0) is 99.2 Å². The summed E-state index contributed by atoms with van der Waals surface area (Å²) >= 11 is 6.35. The number of hydrogen-bond acceptors (Lipinski definition) is 4. The summed E-state index contributed by atoms with van der Waals surface area (Å²) in [6, 6.07) is 7.81. The molecule has 5 nitrogen and oxygen atoms in total. The van der Waals surface area contributed by atoms with Crippen molar-refractivity contribution < 1.29 is 14.3 Å². The second-order valence-corrected chi connectivity index (χ2v) is 11.1. The van der Waals surface area contributed by atoms with Crippen molar-refractivity contribution in [2.75, 3.05) is 31.5 Å². The average Bonchev–Trinajstić information content (AvgIpc) is 2.87. The fourth-order valence-electron chi connectivity index (χ4n) is 5.69. The van der Waals surface area contributed by atoms with Crippen LogP contribution in [-0.4, -0.2) is 47.1 Å². The number of aromatic nitrogens is 1. The Labute approximate surface area is 219 Å². The average molecular weight is 516 g/mol. The molecule has 2 N–H and O–H groups in total. The third-order valence-corrected chi connectivity index (χ3v) is 8.21. The van der Waals surface area contributed by atoms with E-state index in [2.05, 4.69) is 22.3 Å². The maximum atomic E-state index is 14.8. The maximum absolute atomic E-state index is 14.8. The van der Waals surface area contributed by atoms with Crippen molar-refractivity contribution >= 4 is 23.4 Å². The number of carbonyl (C=O) groups is 1. The number of carboxylic acids is 1. The predicted molar refractivity (Wildman–Crippen MR) is 144 cm³/mol. The first-order valence-corrected chi connectivity index (χ1v) is 13.9. The molecule has 1 atom stereocenters. The van der Waals surface area contributed by atoms with E-state index in [1.165, 1.54) is 17.7 Å². The van der Waals surface area contributed by atoms with Crippen LogP contribution in [0.15, 0.2) is 24.3 Å². The number of likely N-dealkylation sites (tertiary alicyclic amines) is 1. The Bertz CT molecular complexity index is 1050. The topological polar surface area (TPSA) is 65.5 Å². The Morgan fingerprint density at radius 2 is 1.92 bits per heavy atom. The first-order chi connectivity index (χ1) is 17.3. The van der Waals surface area contributed by atoms with Crippen LogP contribution in [0.1, 0.15) is 86.6 Å². The Kier molecular flexibility index (Phi) is 9.24. The number of unbranched alkanes of at least 4 members (excludes halogenated alkanes) is 2. The smallest absolute Gasteiger partial charge is 0.311 e. The summed E-state index contributed by atoms with van der Waals surface area (Å²) in [4.78, 5) is 19.4. The molecule has 0 unspecified atom stereocenters. The molecule has 36 heavy (non-hydrogen) atoms. The van der Waals surface area contributed by atoms with E-state index in [-0.39, 0.29) is 16.9 Å². The van der Waals surface area contributed by atoms with E-state index in [0.717, 1.165) is 76.9 Å². The molecule has 0 bridgehead atoms. The molecule has 0 aliphatic carbocycles. The number of pyridine rings is 1. The van der Waals surface area contributed by atoms with Gasteiger partial charge >= 0.3 is 5.97 Å². The number of nitrogens with one attached hydrogen (secondary N) is 1. The number of rotatable bonds is 10. The second-order valence-electron chi connectivity index (χ2n) is 10.7. The zero-order chi connectivity index (χ0) is 25.7. The van der Waals surface area contributed by atoms with Crippen LogP contribution < -0.4 is 5.32 Å². The molecule has 196 valence electrons. The molecule has 7 heteroatoms. The molecule has 4 rings (SSSR count). The van der Waals surface area contributed by atoms with Gasteiger partial charge in [-0.1, -0.05) is 50.1 Å². The fourth-order valence-corrected chi connectivity index (χ4v) is 5.98. The van der Waals surface area contributed by atoms with Crippen LogP contribution in [-0.2, 0) is 17.6 Å². The van der Waals surface area contributed by atoms with E-state index < -0.39 is 17.7 Å². The highest BCUT2D eigenvalue weighted by Crippen LogP contribution is 2.39. The van der Waals surface area contributed by atoms with Crippen LogP contribution in [0.4, 0.5) is 10.2 Å². The summed E-state index contributed by atoms with van der Waals surface area (Å²) in [5.41, 5.74) is 3.44. The summed E-state index contributed by atoms with van der Waals surface area (Å²) in [7, 11) is 0. The van der Waals surface area contributed by atoms with Gasteiger partial charge in [0, 0.05) is 12.2 Å². The molecule has 3 heterocycles. The van der Waals surface area contributed by atoms with Crippen molar-refractivity contribution in [2.45, 2.75) is 77.0 Å². The van der Waals surface area contributed by atoms with Crippen molar-refractivity contribution in [3.05, 3.63) is 57.5 Å². The number of anilines is 1. The number of aryl methyl sites for hydroxylation is 2. The Hall–Kier alpha value is -2.18. The van der Waals surface area contributed by atoms with Crippen molar-refractivity contribution in [3.63, 3.8) is 0 Å². The molecule has 0 radical (unpaired) electrons. The lowest BCUT2D eigenvalue weighted by Crippen LogP contribution is -2.37. The quantitative estimate of drug-likeness (QED) is 0.347. The summed E-state index contributed by atoms with van der Waals surface area (Å²) in [6.07, 6.45) is 8.28. The van der Waals surface area contributed by atoms with Gasteiger partial charge in [-0.2, -0.15) is 0 Å². The second kappa shape index (κ2) is 12.4. The molecule has 2 aliphatic rings. The van der Waals surface area contributed by atoms with Crippen molar-refractivity contribution in [2.24, 2.45) is 5.92 Å². The van der Waals surface area contributed by atoms with E-state index >= 15 is 0 Å². The number of hydrogen-bond donors (Lipinski definition) is 2. The third-order valence-electron chi connectivity index (χ3n) is 7.83. The molecule has 1 aromatic carbocycles. The highest BCUT2D eigenvalue weighted by Gasteiger charge is 2.35. The van der Waals surface area contributed by atoms with E-state index in [0.29, 0.717) is 11.1 Å². The lowest BCUT2D eigenvalue weighted by atomic mass is 9.79. The number of piperidine rings is 1. The molecule has 1 aromatic heterocycles. The Morgan fingerprint density at radius 1 is 1.17 bits per heavy atom. The summed E-state index contributed by atoms with van der Waals surface area (Å²) in [5.74, 6) is -1.14. The first-order valence-electron chi connectivity index (χ1n) is 13.5. The van der Waals surface area contributed by atoms with Gasteiger partial charge < -0.3 is 15.3 Å². The SMILES string of the molecule is CC(C)c1ccc([C@H](C(=O)O)C2CCN(CCCCCc3ccc4c(n3)NCCC4)CC2)c(Cl)c1F. The van der Waals surface area contributed by atoms with Gasteiger partial charge in [0.15, 0.2) is 0 Å². The van der Waals surface area contributed by atoms with Gasteiger partial charge in [-0.15, -0.1) is 0 Å². The monoisotopic (exact) mass is 515 g/mol. The first kappa shape index (κ1) is 26.9. The van der Waals surface area contributed by atoms with Gasteiger partial charge in [0.1, 0.15) is 11.6 Å². The number of aliphatic carboxylic acids is 1. The Balaban J connectivity index is 1.23. The van der Waals surface area contributed by atoms with Crippen molar-refractivity contribution in [3.8, 4) is 0 Å². The minimum absolute atomic E-state index is 0.00525. The lowest BCUT2D eigenvalue weighted by molar-refractivity contribution is -0.140. The summed E-state index contributed by atoms with van der Waals surface area (Å²) in [5, 5.41) is 13.4. The number of fused-ring (bicyclic) bond motifs is 1. The minimum atomic E-state index is -0.918. The van der Waals surface area contributed by atoms with Crippen molar-refractivity contribution in [1.82, 2.24) is 9.88 Å². The molecule has 0 amide bonds. The number of nitrogens with zero attached hydrogens (tertiary/aromatic N) is 2. The summed E-state index contributed by atoms with van der Waals surface area (Å²) in [6.45, 7) is 7.60. The number of benzene rings is 1. The zero-order valence-electron chi connectivity index (χ0n) is 21.5. The molecule has 0 saturated carbocycles. The van der Waals surface area contributed by atoms with Crippen LogP contribution in [0.2, 0.25) is 5.02 Å². The van der Waals surface area contributed by atoms with Gasteiger partial charge in [0.2, 0.25) is 0 Å². The number of halogens is 2. The Morgan fingerprint density at radius 3 is 2.64 bits per heavy atom. The molecule has 2 aliphatic heterocycles. The molecular weight excluding hydrogens is 477 g/mol. The van der Waals surface area contributed by atoms with Crippen LogP contribution in [0.3, 0.4) is 0 Å². The molecule has 2 aromatic rings. The minimum Gasteiger partial charge on any atom is -0.481 e. The lowest BCUT2D eigenvalue weighted by Gasteiger charge is -2.35. The van der Waals surface area contributed by atoms with E-state index in [9.17, 15) is 14.3 Å². The zero-order valence-corrected chi connectivity index (χ0v) is 22.3. The van der Waals surface area contributed by atoms with Crippen molar-refractivity contribution in [1.29, 1.82) is 0 Å². The largest absolute Gasteiger partial charge is 0.481 e. The van der Waals surface area contributed by atoms with E-state index in [1.54, 1.807) is 12.1 Å². The van der Waals surface area contributed by atoms with Gasteiger partial charge in [-0.3, -0.25) is 4.79 Å². The van der Waals surface area contributed by atoms with E-state index in [4.69, 9.17) is 16.6 Å². The van der Waals surface area contributed by atoms with E-state index in [1.807, 2.05) is 13.8 Å². The van der Waals surface area contributed by atoms with Crippen LogP contribution in [0, 0.1) is 11.7 Å².